The number of fused-ring (bicyclic) bond motifs is 1. The molecule has 0 aromatic heterocycles. The summed E-state index contributed by atoms with van der Waals surface area (Å²) in [4.78, 5) is 11.8. The molecule has 2 N–H and O–H groups in total. The molecule has 6 heteroatoms. The zero-order chi connectivity index (χ0) is 11.9. The third-order valence-corrected chi connectivity index (χ3v) is 3.82. The van der Waals surface area contributed by atoms with Gasteiger partial charge in [0.1, 0.15) is 0 Å². The lowest BCUT2D eigenvalue weighted by Gasteiger charge is -2.20. The lowest BCUT2D eigenvalue weighted by molar-refractivity contribution is -0.133. The Morgan fingerprint density at radius 2 is 2.12 bits per heavy atom. The minimum Gasteiger partial charge on any atom is -0.375 e. The Hall–Kier alpha value is -0.100. The highest BCUT2D eigenvalue weighted by atomic mass is 79.9. The summed E-state index contributed by atoms with van der Waals surface area (Å²) in [5.74, 6) is -0.215. The minimum absolute atomic E-state index is 0.188. The molecule has 1 heterocycles. The zero-order valence-electron chi connectivity index (χ0n) is 8.06. The quantitative estimate of drug-likeness (QED) is 0.788. The van der Waals surface area contributed by atoms with Crippen molar-refractivity contribution in [3.63, 3.8) is 0 Å². The summed E-state index contributed by atoms with van der Waals surface area (Å²) < 4.78 is 1.51. The molecular weight excluding hydrogens is 361 g/mol. The van der Waals surface area contributed by atoms with Crippen LogP contribution in [-0.2, 0) is 10.4 Å². The van der Waals surface area contributed by atoms with Crippen LogP contribution in [-0.4, -0.2) is 16.9 Å². The van der Waals surface area contributed by atoms with Gasteiger partial charge >= 0.3 is 0 Å². The van der Waals surface area contributed by atoms with Crippen molar-refractivity contribution in [1.82, 2.24) is 0 Å². The molecule has 3 nitrogen and oxygen atoms in total. The second kappa shape index (κ2) is 4.29. The molecule has 1 unspecified atom stereocenters. The van der Waals surface area contributed by atoms with Gasteiger partial charge in [-0.15, -0.1) is 11.6 Å². The molecule has 0 saturated heterocycles. The second-order valence-corrected chi connectivity index (χ2v) is 5.71. The Labute approximate surface area is 114 Å². The summed E-state index contributed by atoms with van der Waals surface area (Å²) in [5.41, 5.74) is -0.364. The predicted octanol–water partition coefficient (Wildman–Crippen LogP) is 2.98. The van der Waals surface area contributed by atoms with E-state index in [4.69, 9.17) is 11.6 Å². The number of rotatable bonds is 2. The van der Waals surface area contributed by atoms with E-state index in [1.807, 2.05) is 0 Å². The third kappa shape index (κ3) is 1.79. The average molecular weight is 369 g/mol. The van der Waals surface area contributed by atoms with Gasteiger partial charge in [0.15, 0.2) is 5.60 Å². The lowest BCUT2D eigenvalue weighted by atomic mass is 9.93. The smallest absolute Gasteiger partial charge is 0.261 e. The van der Waals surface area contributed by atoms with Crippen molar-refractivity contribution in [2.45, 2.75) is 12.0 Å². The largest absolute Gasteiger partial charge is 0.375 e. The van der Waals surface area contributed by atoms with Crippen LogP contribution in [0.1, 0.15) is 12.0 Å². The molecule has 86 valence electrons. The Morgan fingerprint density at radius 3 is 2.75 bits per heavy atom. The summed E-state index contributed by atoms with van der Waals surface area (Å²) >= 11 is 12.3. The molecule has 1 amide bonds. The number of amides is 1. The number of anilines is 1. The molecule has 0 radical (unpaired) electrons. The molecule has 0 aliphatic carbocycles. The van der Waals surface area contributed by atoms with Gasteiger partial charge < -0.3 is 10.4 Å². The highest BCUT2D eigenvalue weighted by molar-refractivity contribution is 9.11. The van der Waals surface area contributed by atoms with E-state index in [1.165, 1.54) is 0 Å². The van der Waals surface area contributed by atoms with Gasteiger partial charge in [-0.2, -0.15) is 0 Å². The van der Waals surface area contributed by atoms with Gasteiger partial charge in [0, 0.05) is 32.5 Å². The van der Waals surface area contributed by atoms with E-state index in [2.05, 4.69) is 37.2 Å². The molecule has 1 atom stereocenters. The molecule has 1 aliphatic heterocycles. The second-order valence-electron chi connectivity index (χ2n) is 3.56. The van der Waals surface area contributed by atoms with Crippen LogP contribution in [0, 0.1) is 0 Å². The first-order chi connectivity index (χ1) is 7.49. The van der Waals surface area contributed by atoms with Gasteiger partial charge in [-0.1, -0.05) is 31.9 Å². The van der Waals surface area contributed by atoms with Crippen LogP contribution in [0.3, 0.4) is 0 Å². The SMILES string of the molecule is O=C1Nc2cc(Br)cc(Br)c2C1(O)CCCl. The minimum atomic E-state index is -1.53. The Bertz CT molecular complexity index is 466. The fourth-order valence-electron chi connectivity index (χ4n) is 1.81. The Kier molecular flexibility index (Phi) is 3.32. The Morgan fingerprint density at radius 1 is 1.44 bits per heavy atom. The van der Waals surface area contributed by atoms with E-state index < -0.39 is 11.5 Å². The van der Waals surface area contributed by atoms with E-state index in [9.17, 15) is 9.90 Å². The van der Waals surface area contributed by atoms with Crippen molar-refractivity contribution in [1.29, 1.82) is 0 Å². The summed E-state index contributed by atoms with van der Waals surface area (Å²) in [6, 6.07) is 3.54. The molecule has 2 rings (SSSR count). The molecule has 0 fully saturated rings. The van der Waals surface area contributed by atoms with E-state index in [-0.39, 0.29) is 12.3 Å². The van der Waals surface area contributed by atoms with Gasteiger partial charge in [0.05, 0.1) is 0 Å². The molecule has 1 aliphatic rings. The van der Waals surface area contributed by atoms with Gasteiger partial charge in [0.2, 0.25) is 0 Å². The molecule has 1 aromatic rings. The highest BCUT2D eigenvalue weighted by Gasteiger charge is 2.46. The van der Waals surface area contributed by atoms with Crippen LogP contribution >= 0.6 is 43.5 Å². The standard InChI is InChI=1S/C10H8Br2ClNO2/c11-5-3-6(12)8-7(4-5)14-9(15)10(8,16)1-2-13/h3-4,16H,1-2H2,(H,14,15). The number of halogens is 3. The summed E-state index contributed by atoms with van der Waals surface area (Å²) in [6.07, 6.45) is 0.188. The van der Waals surface area contributed by atoms with Crippen molar-refractivity contribution in [2.75, 3.05) is 11.2 Å². The van der Waals surface area contributed by atoms with Crippen LogP contribution in [0.25, 0.3) is 0 Å². The van der Waals surface area contributed by atoms with Gasteiger partial charge in [-0.3, -0.25) is 4.79 Å². The third-order valence-electron chi connectivity index (χ3n) is 2.55. The summed E-state index contributed by atoms with van der Waals surface area (Å²) in [5, 5.41) is 13.0. The van der Waals surface area contributed by atoms with Crippen LogP contribution in [0.15, 0.2) is 21.1 Å². The predicted molar refractivity (Wildman–Crippen MR) is 69.7 cm³/mol. The fourth-order valence-corrected chi connectivity index (χ4v) is 3.63. The summed E-state index contributed by atoms with van der Waals surface area (Å²) in [7, 11) is 0. The first-order valence-corrected chi connectivity index (χ1v) is 6.70. The highest BCUT2D eigenvalue weighted by Crippen LogP contribution is 2.44. The maximum absolute atomic E-state index is 11.8. The fraction of sp³-hybridized carbons (Fsp3) is 0.300. The zero-order valence-corrected chi connectivity index (χ0v) is 12.0. The number of hydrogen-bond donors (Lipinski definition) is 2. The average Bonchev–Trinajstić information content (AvgIpc) is 2.38. The first kappa shape index (κ1) is 12.4. The maximum Gasteiger partial charge on any atom is 0.261 e. The first-order valence-electron chi connectivity index (χ1n) is 4.58. The summed E-state index contributed by atoms with van der Waals surface area (Å²) in [6.45, 7) is 0. The lowest BCUT2D eigenvalue weighted by Crippen LogP contribution is -2.34. The normalized spacial score (nSPS) is 23.1. The van der Waals surface area contributed by atoms with Crippen molar-refractivity contribution < 1.29 is 9.90 Å². The van der Waals surface area contributed by atoms with Gasteiger partial charge in [-0.05, 0) is 12.1 Å². The van der Waals surface area contributed by atoms with Crippen LogP contribution in [0.2, 0.25) is 0 Å². The molecule has 0 spiro atoms. The van der Waals surface area contributed by atoms with E-state index >= 15 is 0 Å². The molecule has 0 saturated carbocycles. The van der Waals surface area contributed by atoms with Crippen molar-refractivity contribution in [2.24, 2.45) is 0 Å². The number of alkyl halides is 1. The number of carbonyl (C=O) groups is 1. The van der Waals surface area contributed by atoms with Crippen LogP contribution in [0.4, 0.5) is 5.69 Å². The van der Waals surface area contributed by atoms with Crippen LogP contribution in [0.5, 0.6) is 0 Å². The molecule has 1 aromatic carbocycles. The van der Waals surface area contributed by atoms with Crippen LogP contribution < -0.4 is 5.32 Å². The Balaban J connectivity index is 2.60. The molecule has 0 bridgehead atoms. The maximum atomic E-state index is 11.8. The number of aliphatic hydroxyl groups is 1. The van der Waals surface area contributed by atoms with Crippen molar-refractivity contribution in [3.05, 3.63) is 26.6 Å². The molecular formula is C10H8Br2ClNO2. The van der Waals surface area contributed by atoms with Gasteiger partial charge in [-0.25, -0.2) is 0 Å². The molecule has 16 heavy (non-hydrogen) atoms. The topological polar surface area (TPSA) is 49.3 Å². The number of nitrogens with one attached hydrogen (secondary N) is 1. The van der Waals surface area contributed by atoms with Crippen molar-refractivity contribution >= 4 is 55.1 Å². The number of benzene rings is 1. The van der Waals surface area contributed by atoms with Gasteiger partial charge in [0.25, 0.3) is 5.91 Å². The van der Waals surface area contributed by atoms with Crippen molar-refractivity contribution in [3.8, 4) is 0 Å². The van der Waals surface area contributed by atoms with E-state index in [0.29, 0.717) is 15.7 Å². The number of carbonyl (C=O) groups excluding carboxylic acids is 1. The monoisotopic (exact) mass is 367 g/mol. The number of hydrogen-bond acceptors (Lipinski definition) is 2. The van der Waals surface area contributed by atoms with E-state index in [0.717, 1.165) is 4.47 Å². The van der Waals surface area contributed by atoms with E-state index in [1.54, 1.807) is 12.1 Å².